The highest BCUT2D eigenvalue weighted by atomic mass is 16.5. The number of nitrogens with two attached hydrogens (primary N) is 1. The summed E-state index contributed by atoms with van der Waals surface area (Å²) in [5.41, 5.74) is 7.19. The van der Waals surface area contributed by atoms with Crippen LogP contribution in [0.25, 0.3) is 11.2 Å². The molecule has 0 bridgehead atoms. The zero-order valence-electron chi connectivity index (χ0n) is 13.3. The molecule has 0 saturated carbocycles. The predicted molar refractivity (Wildman–Crippen MR) is 84.4 cm³/mol. The van der Waals surface area contributed by atoms with E-state index < -0.39 is 0 Å². The van der Waals surface area contributed by atoms with Gasteiger partial charge >= 0.3 is 0 Å². The fraction of sp³-hybridized carbons (Fsp3) is 0.667. The number of anilines is 1. The van der Waals surface area contributed by atoms with Gasteiger partial charge in [-0.3, -0.25) is 9.47 Å². The quantitative estimate of drug-likeness (QED) is 0.779. The lowest BCUT2D eigenvalue weighted by Crippen LogP contribution is -2.26. The van der Waals surface area contributed by atoms with Gasteiger partial charge in [-0.1, -0.05) is 13.8 Å². The number of nitrogens with zero attached hydrogens (tertiary/aromatic N) is 5. The Morgan fingerprint density at radius 2 is 2.13 bits per heavy atom. The van der Waals surface area contributed by atoms with Crippen LogP contribution in [0.3, 0.4) is 0 Å². The summed E-state index contributed by atoms with van der Waals surface area (Å²) in [6.07, 6.45) is 3.22. The molecule has 2 aromatic heterocycles. The molecule has 8 heteroatoms. The monoisotopic (exact) mass is 318 g/mol. The second-order valence-electron chi connectivity index (χ2n) is 6.66. The summed E-state index contributed by atoms with van der Waals surface area (Å²) in [6, 6.07) is 0.307. The zero-order valence-corrected chi connectivity index (χ0v) is 13.3. The van der Waals surface area contributed by atoms with Crippen molar-refractivity contribution in [2.45, 2.75) is 32.2 Å². The molecular weight excluding hydrogens is 296 g/mol. The summed E-state index contributed by atoms with van der Waals surface area (Å²) in [7, 11) is 0. The summed E-state index contributed by atoms with van der Waals surface area (Å²) in [5, 5.41) is 9.19. The van der Waals surface area contributed by atoms with E-state index in [2.05, 4.69) is 33.7 Å². The van der Waals surface area contributed by atoms with Crippen molar-refractivity contribution in [1.29, 1.82) is 0 Å². The van der Waals surface area contributed by atoms with Crippen LogP contribution in [0.15, 0.2) is 12.7 Å². The number of fused-ring (bicyclic) bond motifs is 1. The van der Waals surface area contributed by atoms with Crippen LogP contribution in [-0.2, 0) is 4.74 Å². The average Bonchev–Trinajstić information content (AvgIpc) is 3.07. The smallest absolute Gasteiger partial charge is 0.167 e. The van der Waals surface area contributed by atoms with E-state index in [1.807, 2.05) is 4.57 Å². The van der Waals surface area contributed by atoms with Gasteiger partial charge in [0, 0.05) is 25.0 Å². The molecule has 23 heavy (non-hydrogen) atoms. The third-order valence-electron chi connectivity index (χ3n) is 5.29. The number of imidazole rings is 1. The third-order valence-corrected chi connectivity index (χ3v) is 5.29. The van der Waals surface area contributed by atoms with Crippen molar-refractivity contribution in [3.63, 3.8) is 0 Å². The van der Waals surface area contributed by atoms with Crippen molar-refractivity contribution in [3.05, 3.63) is 12.7 Å². The Morgan fingerprint density at radius 1 is 1.30 bits per heavy atom. The summed E-state index contributed by atoms with van der Waals surface area (Å²) in [6.45, 7) is 6.45. The third kappa shape index (κ3) is 2.37. The molecule has 2 saturated heterocycles. The Labute approximate surface area is 134 Å². The Bertz CT molecular complexity index is 719. The van der Waals surface area contributed by atoms with E-state index in [1.54, 1.807) is 6.33 Å². The Kier molecular flexibility index (Phi) is 3.47. The lowest BCUT2D eigenvalue weighted by Gasteiger charge is -2.18. The zero-order chi connectivity index (χ0) is 16.1. The van der Waals surface area contributed by atoms with Crippen LogP contribution in [0.4, 0.5) is 5.82 Å². The summed E-state index contributed by atoms with van der Waals surface area (Å²) < 4.78 is 8.28. The maximum atomic E-state index is 9.19. The summed E-state index contributed by atoms with van der Waals surface area (Å²) in [4.78, 5) is 14.9. The molecule has 6 atom stereocenters. The van der Waals surface area contributed by atoms with E-state index >= 15 is 0 Å². The molecule has 2 fully saturated rings. The van der Waals surface area contributed by atoms with Gasteiger partial charge in [-0.2, -0.15) is 0 Å². The summed E-state index contributed by atoms with van der Waals surface area (Å²) in [5.74, 6) is 1.14. The van der Waals surface area contributed by atoms with E-state index in [0.717, 1.165) is 13.1 Å². The lowest BCUT2D eigenvalue weighted by molar-refractivity contribution is -0.0166. The van der Waals surface area contributed by atoms with E-state index in [9.17, 15) is 5.11 Å². The fourth-order valence-corrected chi connectivity index (χ4v) is 3.46. The minimum Gasteiger partial charge on any atom is -0.395 e. The van der Waals surface area contributed by atoms with Crippen LogP contribution in [-0.4, -0.2) is 61.4 Å². The van der Waals surface area contributed by atoms with Gasteiger partial charge in [0.25, 0.3) is 0 Å². The van der Waals surface area contributed by atoms with Gasteiger partial charge in [0.15, 0.2) is 11.5 Å². The molecule has 2 aromatic rings. The fourth-order valence-electron chi connectivity index (χ4n) is 3.46. The van der Waals surface area contributed by atoms with Crippen LogP contribution in [0.1, 0.15) is 20.1 Å². The Morgan fingerprint density at radius 3 is 2.87 bits per heavy atom. The highest BCUT2D eigenvalue weighted by Crippen LogP contribution is 2.41. The second-order valence-corrected chi connectivity index (χ2v) is 6.66. The van der Waals surface area contributed by atoms with Gasteiger partial charge in [-0.15, -0.1) is 0 Å². The van der Waals surface area contributed by atoms with Gasteiger partial charge in [-0.25, -0.2) is 15.0 Å². The molecule has 4 heterocycles. The number of rotatable bonds is 4. The van der Waals surface area contributed by atoms with Crippen molar-refractivity contribution >= 4 is 17.0 Å². The highest BCUT2D eigenvalue weighted by Gasteiger charge is 2.44. The molecule has 0 aromatic carbocycles. The minimum absolute atomic E-state index is 0.109. The molecule has 4 rings (SSSR count). The van der Waals surface area contributed by atoms with Gasteiger partial charge < -0.3 is 15.6 Å². The molecular formula is C15H22N6O2. The van der Waals surface area contributed by atoms with Gasteiger partial charge in [-0.05, 0) is 5.92 Å². The predicted octanol–water partition coefficient (Wildman–Crippen LogP) is 0.255. The van der Waals surface area contributed by atoms with Crippen LogP contribution < -0.4 is 5.73 Å². The normalized spacial score (nSPS) is 36.7. The van der Waals surface area contributed by atoms with Crippen molar-refractivity contribution in [2.24, 2.45) is 11.8 Å². The second kappa shape index (κ2) is 5.40. The first kappa shape index (κ1) is 14.8. The maximum Gasteiger partial charge on any atom is 0.167 e. The van der Waals surface area contributed by atoms with Crippen LogP contribution >= 0.6 is 0 Å². The SMILES string of the molecule is CC1[C@@H](C)[C@@H](CN2CC2CO)O[C@H]1n1cnc2c(N)ncnc21. The van der Waals surface area contributed by atoms with Crippen molar-refractivity contribution < 1.29 is 9.84 Å². The highest BCUT2D eigenvalue weighted by molar-refractivity contribution is 5.81. The topological polar surface area (TPSA) is 102 Å². The first-order valence-corrected chi connectivity index (χ1v) is 8.03. The first-order chi connectivity index (χ1) is 11.1. The number of aromatic nitrogens is 4. The number of hydrogen-bond acceptors (Lipinski definition) is 7. The maximum absolute atomic E-state index is 9.19. The Hall–Kier alpha value is -1.77. The first-order valence-electron chi connectivity index (χ1n) is 8.03. The van der Waals surface area contributed by atoms with E-state index in [-0.39, 0.29) is 18.9 Å². The Balaban J connectivity index is 1.57. The van der Waals surface area contributed by atoms with E-state index in [0.29, 0.717) is 34.9 Å². The van der Waals surface area contributed by atoms with Crippen LogP contribution in [0.5, 0.6) is 0 Å². The van der Waals surface area contributed by atoms with Crippen molar-refractivity contribution in [3.8, 4) is 0 Å². The largest absolute Gasteiger partial charge is 0.395 e. The summed E-state index contributed by atoms with van der Waals surface area (Å²) >= 11 is 0. The lowest BCUT2D eigenvalue weighted by atomic mass is 9.92. The van der Waals surface area contributed by atoms with Gasteiger partial charge in [0.2, 0.25) is 0 Å². The molecule has 0 spiro atoms. The number of aliphatic hydroxyl groups is 1. The molecule has 0 aliphatic carbocycles. The van der Waals surface area contributed by atoms with Crippen LogP contribution in [0, 0.1) is 11.8 Å². The number of ether oxygens (including phenoxy) is 1. The van der Waals surface area contributed by atoms with E-state index in [4.69, 9.17) is 10.5 Å². The molecule has 2 aliphatic rings. The van der Waals surface area contributed by atoms with Gasteiger partial charge in [0.1, 0.15) is 18.1 Å². The van der Waals surface area contributed by atoms with Crippen molar-refractivity contribution in [2.75, 3.05) is 25.4 Å². The molecule has 2 aliphatic heterocycles. The number of hydrogen-bond donors (Lipinski definition) is 2. The molecule has 3 unspecified atom stereocenters. The van der Waals surface area contributed by atoms with Crippen LogP contribution in [0.2, 0.25) is 0 Å². The van der Waals surface area contributed by atoms with E-state index in [1.165, 1.54) is 6.33 Å². The molecule has 3 N–H and O–H groups in total. The molecule has 0 radical (unpaired) electrons. The average molecular weight is 318 g/mol. The minimum atomic E-state index is -0.109. The standard InChI is InChI=1S/C15H22N6O2/c1-8-9(2)15(23-11(8)4-20-3-10(20)5-22)21-7-19-12-13(16)17-6-18-14(12)21/h6-11,15,22H,3-5H2,1-2H3,(H2,16,17,18)/t8-,9?,10?,11-,15-,20?/m1/s1. The number of nitrogen functional groups attached to an aromatic ring is 1. The molecule has 124 valence electrons. The number of aliphatic hydroxyl groups excluding tert-OH is 1. The molecule has 0 amide bonds. The van der Waals surface area contributed by atoms with Crippen molar-refractivity contribution in [1.82, 2.24) is 24.4 Å². The van der Waals surface area contributed by atoms with Gasteiger partial charge in [0.05, 0.1) is 19.0 Å². The molecule has 8 nitrogen and oxygen atoms in total.